The number of carbonyl (C=O) groups excluding carboxylic acids is 1. The van der Waals surface area contributed by atoms with Crippen LogP contribution in [-0.2, 0) is 0 Å². The third kappa shape index (κ3) is 3.10. The summed E-state index contributed by atoms with van der Waals surface area (Å²) in [6.45, 7) is 3.77. The van der Waals surface area contributed by atoms with Gasteiger partial charge in [-0.15, -0.1) is 0 Å². The fourth-order valence-corrected chi connectivity index (χ4v) is 2.27. The van der Waals surface area contributed by atoms with Crippen LogP contribution in [0.4, 0.5) is 10.5 Å². The largest absolute Gasteiger partial charge is 0.478 e. The van der Waals surface area contributed by atoms with E-state index >= 15 is 0 Å². The molecule has 108 valence electrons. The normalized spacial score (nSPS) is 15.6. The summed E-state index contributed by atoms with van der Waals surface area (Å²) >= 11 is 0. The number of carboxylic acid groups (broad SMARTS) is 1. The minimum absolute atomic E-state index is 0.160. The fourth-order valence-electron chi connectivity index (χ4n) is 2.27. The lowest BCUT2D eigenvalue weighted by atomic mass is 10.1. The first-order valence-electron chi connectivity index (χ1n) is 6.78. The standard InChI is InChI=1S/C15H20N2O3/c1-9-8-12(6-7-13(9)14(18)19)16-15(20)17(3)10(2)11-4-5-11/h6-8,10-11H,4-5H2,1-3H3,(H,16,20)(H,18,19). The number of urea groups is 1. The van der Waals surface area contributed by atoms with Crippen LogP contribution in [0.5, 0.6) is 0 Å². The number of benzene rings is 1. The molecule has 2 N–H and O–H groups in total. The first kappa shape index (κ1) is 14.4. The van der Waals surface area contributed by atoms with Crippen molar-refractivity contribution in [1.82, 2.24) is 4.90 Å². The van der Waals surface area contributed by atoms with Gasteiger partial charge < -0.3 is 15.3 Å². The molecule has 1 saturated carbocycles. The van der Waals surface area contributed by atoms with Crippen molar-refractivity contribution >= 4 is 17.7 Å². The second-order valence-corrected chi connectivity index (χ2v) is 5.45. The highest BCUT2D eigenvalue weighted by molar-refractivity contribution is 5.92. The maximum atomic E-state index is 12.1. The molecule has 1 fully saturated rings. The van der Waals surface area contributed by atoms with Crippen LogP contribution < -0.4 is 5.32 Å². The van der Waals surface area contributed by atoms with Crippen molar-refractivity contribution in [3.63, 3.8) is 0 Å². The number of amides is 2. The number of anilines is 1. The van der Waals surface area contributed by atoms with E-state index in [0.717, 1.165) is 0 Å². The van der Waals surface area contributed by atoms with Gasteiger partial charge >= 0.3 is 12.0 Å². The molecule has 5 heteroatoms. The average Bonchev–Trinajstić information content (AvgIpc) is 3.20. The Morgan fingerprint density at radius 2 is 2.05 bits per heavy atom. The third-order valence-corrected chi connectivity index (χ3v) is 3.94. The van der Waals surface area contributed by atoms with Crippen molar-refractivity contribution in [3.05, 3.63) is 29.3 Å². The van der Waals surface area contributed by atoms with E-state index in [1.165, 1.54) is 18.9 Å². The van der Waals surface area contributed by atoms with Crippen LogP contribution in [0.3, 0.4) is 0 Å². The molecule has 20 heavy (non-hydrogen) atoms. The molecule has 0 saturated heterocycles. The van der Waals surface area contributed by atoms with Crippen LogP contribution in [0.25, 0.3) is 0 Å². The van der Waals surface area contributed by atoms with E-state index in [0.29, 0.717) is 17.2 Å². The van der Waals surface area contributed by atoms with E-state index in [2.05, 4.69) is 12.2 Å². The Morgan fingerprint density at radius 3 is 2.55 bits per heavy atom. The summed E-state index contributed by atoms with van der Waals surface area (Å²) in [5.41, 5.74) is 1.50. The average molecular weight is 276 g/mol. The van der Waals surface area contributed by atoms with Crippen LogP contribution in [0, 0.1) is 12.8 Å². The Kier molecular flexibility index (Phi) is 3.97. The summed E-state index contributed by atoms with van der Waals surface area (Å²) in [5.74, 6) is -0.346. The van der Waals surface area contributed by atoms with E-state index in [9.17, 15) is 9.59 Å². The molecule has 1 aliphatic rings. The SMILES string of the molecule is Cc1cc(NC(=O)N(C)C(C)C2CC2)ccc1C(=O)O. The van der Waals surface area contributed by atoms with Crippen molar-refractivity contribution in [2.24, 2.45) is 5.92 Å². The van der Waals surface area contributed by atoms with E-state index in [4.69, 9.17) is 5.11 Å². The summed E-state index contributed by atoms with van der Waals surface area (Å²) in [6, 6.07) is 4.87. The smallest absolute Gasteiger partial charge is 0.335 e. The molecule has 1 unspecified atom stereocenters. The predicted molar refractivity (Wildman–Crippen MR) is 77.1 cm³/mol. The van der Waals surface area contributed by atoms with Crippen LogP contribution in [0.15, 0.2) is 18.2 Å². The van der Waals surface area contributed by atoms with Gasteiger partial charge in [-0.3, -0.25) is 0 Å². The summed E-state index contributed by atoms with van der Waals surface area (Å²) in [7, 11) is 1.79. The number of nitrogens with one attached hydrogen (secondary N) is 1. The fraction of sp³-hybridized carbons (Fsp3) is 0.467. The first-order chi connectivity index (χ1) is 9.40. The number of nitrogens with zero attached hydrogens (tertiary/aromatic N) is 1. The highest BCUT2D eigenvalue weighted by atomic mass is 16.4. The number of carboxylic acids is 1. The van der Waals surface area contributed by atoms with Crippen molar-refractivity contribution in [2.75, 3.05) is 12.4 Å². The molecule has 1 aromatic rings. The molecule has 0 aliphatic heterocycles. The van der Waals surface area contributed by atoms with E-state index in [1.54, 1.807) is 31.0 Å². The van der Waals surface area contributed by atoms with Crippen LogP contribution in [0.2, 0.25) is 0 Å². The Hall–Kier alpha value is -2.04. The lowest BCUT2D eigenvalue weighted by molar-refractivity contribution is 0.0696. The van der Waals surface area contributed by atoms with Crippen molar-refractivity contribution in [3.8, 4) is 0 Å². The quantitative estimate of drug-likeness (QED) is 0.888. The molecule has 1 aromatic carbocycles. The highest BCUT2D eigenvalue weighted by Gasteiger charge is 2.32. The Bertz CT molecular complexity index is 538. The number of aromatic carboxylic acids is 1. The van der Waals surface area contributed by atoms with Crippen LogP contribution in [0.1, 0.15) is 35.7 Å². The lowest BCUT2D eigenvalue weighted by Gasteiger charge is -2.25. The lowest BCUT2D eigenvalue weighted by Crippen LogP contribution is -2.39. The minimum atomic E-state index is -0.958. The summed E-state index contributed by atoms with van der Waals surface area (Å²) in [4.78, 5) is 24.8. The predicted octanol–water partition coefficient (Wildman–Crippen LogP) is 2.96. The maximum Gasteiger partial charge on any atom is 0.335 e. The number of aryl methyl sites for hydroxylation is 1. The second kappa shape index (κ2) is 5.53. The van der Waals surface area contributed by atoms with Gasteiger partial charge in [-0.1, -0.05) is 0 Å². The molecular formula is C15H20N2O3. The number of hydrogen-bond acceptors (Lipinski definition) is 2. The van der Waals surface area contributed by atoms with Crippen molar-refractivity contribution in [2.45, 2.75) is 32.7 Å². The van der Waals surface area contributed by atoms with E-state index in [-0.39, 0.29) is 17.6 Å². The van der Waals surface area contributed by atoms with Crippen LogP contribution in [-0.4, -0.2) is 35.1 Å². The van der Waals surface area contributed by atoms with E-state index < -0.39 is 5.97 Å². The van der Waals surface area contributed by atoms with Gasteiger partial charge in [0.15, 0.2) is 0 Å². The van der Waals surface area contributed by atoms with Gasteiger partial charge in [0.1, 0.15) is 0 Å². The topological polar surface area (TPSA) is 69.6 Å². The Balaban J connectivity index is 2.04. The van der Waals surface area contributed by atoms with Crippen LogP contribution >= 0.6 is 0 Å². The molecule has 1 aliphatic carbocycles. The molecular weight excluding hydrogens is 256 g/mol. The first-order valence-corrected chi connectivity index (χ1v) is 6.78. The molecule has 0 bridgehead atoms. The van der Waals surface area contributed by atoms with E-state index in [1.807, 2.05) is 0 Å². The van der Waals surface area contributed by atoms with Gasteiger partial charge in [0.2, 0.25) is 0 Å². The summed E-state index contributed by atoms with van der Waals surface area (Å²) in [6.07, 6.45) is 2.37. The minimum Gasteiger partial charge on any atom is -0.478 e. The second-order valence-electron chi connectivity index (χ2n) is 5.45. The van der Waals surface area contributed by atoms with Gasteiger partial charge in [0.05, 0.1) is 5.56 Å². The number of rotatable bonds is 4. The molecule has 0 spiro atoms. The molecule has 2 rings (SSSR count). The molecule has 1 atom stereocenters. The molecule has 0 aromatic heterocycles. The maximum absolute atomic E-state index is 12.1. The Morgan fingerprint density at radius 1 is 1.40 bits per heavy atom. The summed E-state index contributed by atoms with van der Waals surface area (Å²) < 4.78 is 0. The monoisotopic (exact) mass is 276 g/mol. The number of hydrogen-bond donors (Lipinski definition) is 2. The molecule has 0 heterocycles. The Labute approximate surface area is 118 Å². The van der Waals surface area contributed by atoms with Crippen molar-refractivity contribution < 1.29 is 14.7 Å². The summed E-state index contributed by atoms with van der Waals surface area (Å²) in [5, 5.41) is 11.8. The zero-order chi connectivity index (χ0) is 14.9. The van der Waals surface area contributed by atoms with Crippen molar-refractivity contribution in [1.29, 1.82) is 0 Å². The molecule has 0 radical (unpaired) electrons. The third-order valence-electron chi connectivity index (χ3n) is 3.94. The zero-order valence-corrected chi connectivity index (χ0v) is 12.0. The number of carbonyl (C=O) groups is 2. The van der Waals surface area contributed by atoms with Gasteiger partial charge in [-0.2, -0.15) is 0 Å². The molecule has 2 amide bonds. The van der Waals surface area contributed by atoms with Gasteiger partial charge in [-0.05, 0) is 56.4 Å². The highest BCUT2D eigenvalue weighted by Crippen LogP contribution is 2.34. The van der Waals surface area contributed by atoms with Gasteiger partial charge in [-0.25, -0.2) is 9.59 Å². The van der Waals surface area contributed by atoms with Gasteiger partial charge in [0.25, 0.3) is 0 Å². The van der Waals surface area contributed by atoms with Gasteiger partial charge in [0, 0.05) is 18.8 Å². The zero-order valence-electron chi connectivity index (χ0n) is 12.0. The molecule has 5 nitrogen and oxygen atoms in total.